The van der Waals surface area contributed by atoms with Crippen LogP contribution in [0, 0.1) is 12.3 Å². The third-order valence-corrected chi connectivity index (χ3v) is 5.04. The summed E-state index contributed by atoms with van der Waals surface area (Å²) in [5.74, 6) is -0.0410. The highest BCUT2D eigenvalue weighted by Crippen LogP contribution is 2.47. The van der Waals surface area contributed by atoms with Crippen LogP contribution in [0.2, 0.25) is 0 Å². The van der Waals surface area contributed by atoms with Crippen molar-refractivity contribution in [2.45, 2.75) is 54.0 Å². The number of hydrogen-bond acceptors (Lipinski definition) is 5. The SMILES string of the molecule is CC.CC.Cc1cnc(Nc2ccc(C(N)=O)cc2)nc1-c1cnn(CC2(CF)CC2)c1. The highest BCUT2D eigenvalue weighted by atomic mass is 19.1. The number of nitrogens with zero attached hydrogens (tertiary/aromatic N) is 4. The summed E-state index contributed by atoms with van der Waals surface area (Å²) in [5.41, 5.74) is 8.76. The highest BCUT2D eigenvalue weighted by molar-refractivity contribution is 5.93. The van der Waals surface area contributed by atoms with E-state index < -0.39 is 5.91 Å². The van der Waals surface area contributed by atoms with Crippen LogP contribution >= 0.6 is 0 Å². The Bertz CT molecular complexity index is 1010. The standard InChI is InChI=1S/C20H21FN6O.2C2H6/c1-13-8-23-19(25-16-4-2-14(3-5-16)18(22)28)26-17(13)15-9-24-27(10-15)12-20(11-21)6-7-20;2*1-2/h2-5,8-10H,6-7,11-12H2,1H3,(H2,22,28)(H,23,25,26);2*1-2H3. The van der Waals surface area contributed by atoms with Crippen LogP contribution in [0.25, 0.3) is 11.3 Å². The highest BCUT2D eigenvalue weighted by Gasteiger charge is 2.43. The summed E-state index contributed by atoms with van der Waals surface area (Å²) in [4.78, 5) is 20.1. The molecule has 8 heteroatoms. The predicted octanol–water partition coefficient (Wildman–Crippen LogP) is 5.29. The molecule has 1 aliphatic rings. The molecule has 32 heavy (non-hydrogen) atoms. The van der Waals surface area contributed by atoms with Crippen LogP contribution in [0.5, 0.6) is 0 Å². The maximum Gasteiger partial charge on any atom is 0.248 e. The van der Waals surface area contributed by atoms with Gasteiger partial charge in [0.05, 0.1) is 18.6 Å². The molecule has 0 saturated heterocycles. The molecule has 1 amide bonds. The van der Waals surface area contributed by atoms with Crippen molar-refractivity contribution in [1.29, 1.82) is 0 Å². The summed E-state index contributed by atoms with van der Waals surface area (Å²) in [6.45, 7) is 10.2. The number of aromatic nitrogens is 4. The summed E-state index contributed by atoms with van der Waals surface area (Å²) in [6.07, 6.45) is 7.21. The van der Waals surface area contributed by atoms with Gasteiger partial charge in [0.1, 0.15) is 0 Å². The van der Waals surface area contributed by atoms with Gasteiger partial charge in [-0.3, -0.25) is 13.9 Å². The Balaban J connectivity index is 0.000000860. The molecule has 3 N–H and O–H groups in total. The zero-order valence-electron chi connectivity index (χ0n) is 19.5. The number of nitrogens with two attached hydrogens (primary N) is 1. The van der Waals surface area contributed by atoms with Gasteiger partial charge in [0.15, 0.2) is 0 Å². The normalized spacial score (nSPS) is 13.2. The van der Waals surface area contributed by atoms with Crippen LogP contribution in [0.4, 0.5) is 16.0 Å². The number of nitrogens with one attached hydrogen (secondary N) is 1. The quantitative estimate of drug-likeness (QED) is 0.520. The minimum Gasteiger partial charge on any atom is -0.366 e. The van der Waals surface area contributed by atoms with Gasteiger partial charge in [0.2, 0.25) is 11.9 Å². The molecule has 2 aromatic heterocycles. The second-order valence-corrected chi connectivity index (χ2v) is 7.35. The summed E-state index contributed by atoms with van der Waals surface area (Å²) < 4.78 is 14.9. The molecule has 0 radical (unpaired) electrons. The van der Waals surface area contributed by atoms with Crippen LogP contribution < -0.4 is 11.1 Å². The molecule has 1 fully saturated rings. The zero-order valence-corrected chi connectivity index (χ0v) is 19.5. The molecule has 0 aliphatic heterocycles. The lowest BCUT2D eigenvalue weighted by molar-refractivity contribution is 0.100. The molecule has 7 nitrogen and oxygen atoms in total. The largest absolute Gasteiger partial charge is 0.366 e. The van der Waals surface area contributed by atoms with Crippen molar-refractivity contribution in [2.75, 3.05) is 12.0 Å². The molecular weight excluding hydrogens is 407 g/mol. The van der Waals surface area contributed by atoms with Crippen LogP contribution in [0.1, 0.15) is 56.5 Å². The number of aryl methyl sites for hydroxylation is 1. The van der Waals surface area contributed by atoms with E-state index in [1.165, 1.54) is 0 Å². The number of halogens is 1. The number of benzene rings is 1. The number of amides is 1. The van der Waals surface area contributed by atoms with Gasteiger partial charge in [-0.25, -0.2) is 9.97 Å². The number of rotatable bonds is 7. The van der Waals surface area contributed by atoms with Crippen molar-refractivity contribution in [1.82, 2.24) is 19.7 Å². The minimum atomic E-state index is -0.474. The maximum absolute atomic E-state index is 13.1. The Hall–Kier alpha value is -3.29. The first-order valence-corrected chi connectivity index (χ1v) is 11.1. The molecule has 0 atom stereocenters. The van der Waals surface area contributed by atoms with E-state index in [0.717, 1.165) is 35.3 Å². The van der Waals surface area contributed by atoms with Crippen molar-refractivity contribution in [3.05, 3.63) is 54.0 Å². The van der Waals surface area contributed by atoms with E-state index >= 15 is 0 Å². The van der Waals surface area contributed by atoms with Gasteiger partial charge >= 0.3 is 0 Å². The van der Waals surface area contributed by atoms with Gasteiger partial charge in [-0.05, 0) is 49.6 Å². The Morgan fingerprint density at radius 2 is 1.81 bits per heavy atom. The van der Waals surface area contributed by atoms with Crippen LogP contribution in [0.15, 0.2) is 42.9 Å². The number of carbonyl (C=O) groups is 1. The molecule has 0 unspecified atom stereocenters. The van der Waals surface area contributed by atoms with E-state index in [9.17, 15) is 9.18 Å². The van der Waals surface area contributed by atoms with Crippen LogP contribution in [-0.4, -0.2) is 32.3 Å². The molecular formula is C24H33FN6O. The number of alkyl halides is 1. The van der Waals surface area contributed by atoms with Crippen LogP contribution in [-0.2, 0) is 6.54 Å². The topological polar surface area (TPSA) is 98.7 Å². The fourth-order valence-corrected chi connectivity index (χ4v) is 3.07. The molecule has 1 aliphatic carbocycles. The van der Waals surface area contributed by atoms with Crippen molar-refractivity contribution in [2.24, 2.45) is 11.1 Å². The molecule has 4 rings (SSSR count). The monoisotopic (exact) mass is 440 g/mol. The summed E-state index contributed by atoms with van der Waals surface area (Å²) in [5, 5.41) is 7.49. The average Bonchev–Trinajstić information content (AvgIpc) is 3.45. The average molecular weight is 441 g/mol. The first-order valence-electron chi connectivity index (χ1n) is 11.1. The number of carbonyl (C=O) groups excluding carboxylic acids is 1. The lowest BCUT2D eigenvalue weighted by atomic mass is 10.1. The molecule has 1 saturated carbocycles. The maximum atomic E-state index is 13.1. The van der Waals surface area contributed by atoms with Gasteiger partial charge in [-0.1, -0.05) is 27.7 Å². The lowest BCUT2D eigenvalue weighted by Crippen LogP contribution is -2.13. The zero-order chi connectivity index (χ0) is 23.7. The Kier molecular flexibility index (Phi) is 8.87. The second kappa shape index (κ2) is 11.4. The summed E-state index contributed by atoms with van der Waals surface area (Å²) in [7, 11) is 0. The van der Waals surface area contributed by atoms with Gasteiger partial charge in [0, 0.05) is 41.2 Å². The van der Waals surface area contributed by atoms with E-state index in [4.69, 9.17) is 5.73 Å². The van der Waals surface area contributed by atoms with Gasteiger partial charge in [0.25, 0.3) is 0 Å². The van der Waals surface area contributed by atoms with Crippen LogP contribution in [0.3, 0.4) is 0 Å². The van der Waals surface area contributed by atoms with Crippen molar-refractivity contribution in [3.63, 3.8) is 0 Å². The first kappa shape index (κ1) is 25.0. The fourth-order valence-electron chi connectivity index (χ4n) is 3.07. The Morgan fingerprint density at radius 3 is 2.38 bits per heavy atom. The second-order valence-electron chi connectivity index (χ2n) is 7.35. The van der Waals surface area contributed by atoms with E-state index in [-0.39, 0.29) is 12.1 Å². The van der Waals surface area contributed by atoms with E-state index in [2.05, 4.69) is 20.4 Å². The summed E-state index contributed by atoms with van der Waals surface area (Å²) >= 11 is 0. The van der Waals surface area contributed by atoms with E-state index in [0.29, 0.717) is 18.1 Å². The number of primary amides is 1. The number of anilines is 2. The Morgan fingerprint density at radius 1 is 1.16 bits per heavy atom. The Labute approximate surface area is 189 Å². The van der Waals surface area contributed by atoms with Crippen molar-refractivity contribution in [3.8, 4) is 11.3 Å². The van der Waals surface area contributed by atoms with Gasteiger partial charge < -0.3 is 11.1 Å². The number of hydrogen-bond donors (Lipinski definition) is 2. The summed E-state index contributed by atoms with van der Waals surface area (Å²) in [6, 6.07) is 6.77. The fraction of sp³-hybridized carbons (Fsp3) is 0.417. The van der Waals surface area contributed by atoms with Gasteiger partial charge in [-0.15, -0.1) is 0 Å². The molecule has 2 heterocycles. The van der Waals surface area contributed by atoms with E-state index in [1.807, 2.05) is 40.8 Å². The molecule has 0 bridgehead atoms. The third kappa shape index (κ3) is 6.12. The minimum absolute atomic E-state index is 0.228. The predicted molar refractivity (Wildman–Crippen MR) is 127 cm³/mol. The van der Waals surface area contributed by atoms with Crippen molar-refractivity contribution < 1.29 is 9.18 Å². The smallest absolute Gasteiger partial charge is 0.248 e. The molecule has 1 aromatic carbocycles. The lowest BCUT2D eigenvalue weighted by Gasteiger charge is -2.10. The third-order valence-electron chi connectivity index (χ3n) is 5.04. The van der Waals surface area contributed by atoms with Gasteiger partial charge in [-0.2, -0.15) is 5.10 Å². The first-order chi connectivity index (χ1) is 15.5. The molecule has 0 spiro atoms. The molecule has 3 aromatic rings. The van der Waals surface area contributed by atoms with Crippen molar-refractivity contribution >= 4 is 17.5 Å². The molecule has 172 valence electrons. The van der Waals surface area contributed by atoms with E-state index in [1.54, 1.807) is 41.3 Å².